The van der Waals surface area contributed by atoms with E-state index in [4.69, 9.17) is 19.7 Å². The smallest absolute Gasteiger partial charge is 0.339 e. The summed E-state index contributed by atoms with van der Waals surface area (Å²) in [6, 6.07) is 7.22. The molecule has 2 aromatic carbocycles. The maximum Gasteiger partial charge on any atom is 0.339 e. The molecule has 2 aromatic rings. The second-order valence-electron chi connectivity index (χ2n) is 8.24. The Bertz CT molecular complexity index is 991. The van der Waals surface area contributed by atoms with Gasteiger partial charge in [0.25, 0.3) is 0 Å². The van der Waals surface area contributed by atoms with Crippen LogP contribution in [0.3, 0.4) is 0 Å². The molecule has 0 spiro atoms. The summed E-state index contributed by atoms with van der Waals surface area (Å²) in [5.41, 5.74) is -0.660. The number of carbonyl (C=O) groups excluding carboxylic acids is 2. The predicted molar refractivity (Wildman–Crippen MR) is 128 cm³/mol. The summed E-state index contributed by atoms with van der Waals surface area (Å²) in [7, 11) is 0. The zero-order valence-corrected chi connectivity index (χ0v) is 19.8. The largest absolute Gasteiger partial charge is 0.507 e. The van der Waals surface area contributed by atoms with Crippen LogP contribution >= 0.6 is 0 Å². The average molecular weight is 503 g/mol. The minimum atomic E-state index is -1.31. The van der Waals surface area contributed by atoms with E-state index in [1.165, 1.54) is 24.3 Å². The van der Waals surface area contributed by atoms with Crippen LogP contribution in [0.25, 0.3) is 0 Å². The van der Waals surface area contributed by atoms with Crippen molar-refractivity contribution >= 4 is 23.9 Å². The first-order valence-corrected chi connectivity index (χ1v) is 11.7. The van der Waals surface area contributed by atoms with Gasteiger partial charge < -0.3 is 29.9 Å². The maximum absolute atomic E-state index is 11.9. The number of aromatic carboxylic acids is 2. The average Bonchev–Trinajstić information content (AvgIpc) is 2.82. The molecule has 0 amide bonds. The molecule has 0 aliphatic carbocycles. The Morgan fingerprint density at radius 2 is 0.889 bits per heavy atom. The number of phenols is 2. The third-order valence-electron chi connectivity index (χ3n) is 5.37. The molecule has 36 heavy (non-hydrogen) atoms. The van der Waals surface area contributed by atoms with Gasteiger partial charge in [0.15, 0.2) is 0 Å². The van der Waals surface area contributed by atoms with Crippen LogP contribution in [0.1, 0.15) is 84.9 Å². The predicted octanol–water partition coefficient (Wildman–Crippen LogP) is 4.91. The van der Waals surface area contributed by atoms with E-state index in [2.05, 4.69) is 0 Å². The van der Waals surface area contributed by atoms with Crippen molar-refractivity contribution in [1.29, 1.82) is 0 Å². The van der Waals surface area contributed by atoms with Gasteiger partial charge in [-0.15, -0.1) is 0 Å². The van der Waals surface area contributed by atoms with Crippen molar-refractivity contribution < 1.29 is 49.1 Å². The molecular formula is C26H30O10. The number of ether oxygens (including phenoxy) is 2. The van der Waals surface area contributed by atoms with Gasteiger partial charge in [0.2, 0.25) is 0 Å². The van der Waals surface area contributed by atoms with Crippen molar-refractivity contribution in [1.82, 2.24) is 0 Å². The van der Waals surface area contributed by atoms with Crippen LogP contribution in [0.4, 0.5) is 0 Å². The minimum Gasteiger partial charge on any atom is -0.507 e. The zero-order valence-electron chi connectivity index (χ0n) is 19.8. The summed E-state index contributed by atoms with van der Waals surface area (Å²) >= 11 is 0. The summed E-state index contributed by atoms with van der Waals surface area (Å²) in [6.45, 7) is 0. The van der Waals surface area contributed by atoms with E-state index in [-0.39, 0.29) is 35.5 Å². The van der Waals surface area contributed by atoms with Crippen LogP contribution in [0.5, 0.6) is 23.0 Å². The van der Waals surface area contributed by atoms with Crippen LogP contribution in [0.2, 0.25) is 0 Å². The van der Waals surface area contributed by atoms with E-state index in [0.29, 0.717) is 12.8 Å². The molecule has 0 saturated carbocycles. The van der Waals surface area contributed by atoms with Gasteiger partial charge in [-0.3, -0.25) is 9.59 Å². The highest BCUT2D eigenvalue weighted by atomic mass is 16.5. The summed E-state index contributed by atoms with van der Waals surface area (Å²) < 4.78 is 10.2. The van der Waals surface area contributed by atoms with Gasteiger partial charge in [0.1, 0.15) is 34.1 Å². The SMILES string of the molecule is O=C(CCCCCCCCCCC(=O)Oc1ccc(O)c(C(=O)O)c1)Oc1ccc(O)c(C(=O)O)c1. The molecule has 0 heterocycles. The summed E-state index contributed by atoms with van der Waals surface area (Å²) in [5, 5.41) is 36.9. The molecule has 0 aromatic heterocycles. The topological polar surface area (TPSA) is 168 Å². The molecule has 10 nitrogen and oxygen atoms in total. The Morgan fingerprint density at radius 3 is 1.22 bits per heavy atom. The normalized spacial score (nSPS) is 10.6. The molecule has 0 aliphatic rings. The third-order valence-corrected chi connectivity index (χ3v) is 5.37. The lowest BCUT2D eigenvalue weighted by atomic mass is 10.1. The van der Waals surface area contributed by atoms with E-state index < -0.39 is 35.4 Å². The van der Waals surface area contributed by atoms with E-state index >= 15 is 0 Å². The molecule has 0 aliphatic heterocycles. The molecule has 0 saturated heterocycles. The van der Waals surface area contributed by atoms with E-state index in [9.17, 15) is 29.4 Å². The van der Waals surface area contributed by atoms with E-state index in [1.54, 1.807) is 0 Å². The monoisotopic (exact) mass is 502 g/mol. The fourth-order valence-corrected chi connectivity index (χ4v) is 3.46. The molecular weight excluding hydrogens is 472 g/mol. The Morgan fingerprint density at radius 1 is 0.556 bits per heavy atom. The molecule has 0 radical (unpaired) electrons. The van der Waals surface area contributed by atoms with Crippen molar-refractivity contribution in [2.24, 2.45) is 0 Å². The van der Waals surface area contributed by atoms with Crippen molar-refractivity contribution in [2.75, 3.05) is 0 Å². The van der Waals surface area contributed by atoms with Crippen LogP contribution in [0, 0.1) is 0 Å². The van der Waals surface area contributed by atoms with Gasteiger partial charge in [-0.1, -0.05) is 38.5 Å². The number of hydrogen-bond acceptors (Lipinski definition) is 8. The number of carbonyl (C=O) groups is 4. The Labute approximate surface area is 208 Å². The Balaban J connectivity index is 1.50. The number of carboxylic acids is 2. The van der Waals surface area contributed by atoms with Gasteiger partial charge in [-0.05, 0) is 49.2 Å². The standard InChI is InChI=1S/C26H30O10/c27-21-13-11-17(15-19(21)25(31)32)35-23(29)9-7-5-3-1-2-4-6-8-10-24(30)36-18-12-14-22(28)20(16-18)26(33)34/h11-16,27-28H,1-10H2,(H,31,32)(H,33,34). The van der Waals surface area contributed by atoms with E-state index in [1.807, 2.05) is 0 Å². The van der Waals surface area contributed by atoms with Gasteiger partial charge in [0, 0.05) is 12.8 Å². The van der Waals surface area contributed by atoms with Crippen molar-refractivity contribution in [3.63, 3.8) is 0 Å². The molecule has 194 valence electrons. The summed E-state index contributed by atoms with van der Waals surface area (Å²) in [4.78, 5) is 45.8. The number of hydrogen-bond donors (Lipinski definition) is 4. The van der Waals surface area contributed by atoms with Crippen molar-refractivity contribution in [3.05, 3.63) is 47.5 Å². The molecule has 10 heteroatoms. The Kier molecular flexibility index (Phi) is 11.2. The summed E-state index contributed by atoms with van der Waals surface area (Å²) in [5.74, 6) is -4.18. The lowest BCUT2D eigenvalue weighted by Crippen LogP contribution is -2.08. The number of carboxylic acid groups (broad SMARTS) is 2. The van der Waals surface area contributed by atoms with E-state index in [0.717, 1.165) is 50.7 Å². The minimum absolute atomic E-state index is 0.0761. The van der Waals surface area contributed by atoms with Gasteiger partial charge in [0.05, 0.1) is 0 Å². The number of unbranched alkanes of at least 4 members (excludes halogenated alkanes) is 7. The third kappa shape index (κ3) is 9.65. The molecule has 4 N–H and O–H groups in total. The Hall–Kier alpha value is -4.08. The second kappa shape index (κ2) is 14.3. The number of aromatic hydroxyl groups is 2. The van der Waals surface area contributed by atoms with Crippen LogP contribution in [-0.4, -0.2) is 44.3 Å². The van der Waals surface area contributed by atoms with Crippen LogP contribution < -0.4 is 9.47 Å². The lowest BCUT2D eigenvalue weighted by molar-refractivity contribution is -0.135. The van der Waals surface area contributed by atoms with Gasteiger partial charge >= 0.3 is 23.9 Å². The molecule has 0 atom stereocenters. The van der Waals surface area contributed by atoms with Crippen molar-refractivity contribution in [2.45, 2.75) is 64.2 Å². The fourth-order valence-electron chi connectivity index (χ4n) is 3.46. The lowest BCUT2D eigenvalue weighted by Gasteiger charge is -2.07. The first-order valence-electron chi connectivity index (χ1n) is 11.7. The highest BCUT2D eigenvalue weighted by molar-refractivity contribution is 5.92. The van der Waals surface area contributed by atoms with Gasteiger partial charge in [-0.2, -0.15) is 0 Å². The second-order valence-corrected chi connectivity index (χ2v) is 8.24. The van der Waals surface area contributed by atoms with Gasteiger partial charge in [-0.25, -0.2) is 9.59 Å². The number of rotatable bonds is 15. The number of esters is 2. The summed E-state index contributed by atoms with van der Waals surface area (Å²) in [6.07, 6.45) is 7.29. The molecule has 0 unspecified atom stereocenters. The number of benzene rings is 2. The zero-order chi connectivity index (χ0) is 26.5. The highest BCUT2D eigenvalue weighted by Gasteiger charge is 2.14. The molecule has 0 bridgehead atoms. The first kappa shape index (κ1) is 28.2. The quantitative estimate of drug-likeness (QED) is 0.149. The maximum atomic E-state index is 11.9. The fraction of sp³-hybridized carbons (Fsp3) is 0.385. The van der Waals surface area contributed by atoms with Crippen LogP contribution in [0.15, 0.2) is 36.4 Å². The van der Waals surface area contributed by atoms with Crippen LogP contribution in [-0.2, 0) is 9.59 Å². The first-order chi connectivity index (χ1) is 17.2. The molecule has 2 rings (SSSR count). The van der Waals surface area contributed by atoms with Crippen molar-refractivity contribution in [3.8, 4) is 23.0 Å². The molecule has 0 fully saturated rings. The highest BCUT2D eigenvalue weighted by Crippen LogP contribution is 2.24.